The number of aromatic nitrogens is 1. The maximum Gasteiger partial charge on any atom is 0.248 e. The number of nitrogens with zero attached hydrogens (tertiary/aromatic N) is 2. The fraction of sp³-hybridized carbons (Fsp3) is 0.391. The van der Waals surface area contributed by atoms with Crippen molar-refractivity contribution in [2.24, 2.45) is 5.92 Å². The number of hydrogen-bond donors (Lipinski definition) is 1. The van der Waals surface area contributed by atoms with Crippen molar-refractivity contribution in [2.75, 3.05) is 10.7 Å². The van der Waals surface area contributed by atoms with Crippen molar-refractivity contribution in [3.05, 3.63) is 60.2 Å². The summed E-state index contributed by atoms with van der Waals surface area (Å²) in [6.07, 6.45) is 7.03. The smallest absolute Gasteiger partial charge is 0.248 e. The van der Waals surface area contributed by atoms with E-state index in [9.17, 15) is 18.8 Å². The van der Waals surface area contributed by atoms with Gasteiger partial charge in [-0.05, 0) is 42.7 Å². The van der Waals surface area contributed by atoms with Gasteiger partial charge in [0.2, 0.25) is 11.8 Å². The quantitative estimate of drug-likeness (QED) is 0.741. The second kappa shape index (κ2) is 9.60. The molecule has 1 saturated carbocycles. The lowest BCUT2D eigenvalue weighted by atomic mass is 9.99. The van der Waals surface area contributed by atoms with Crippen molar-refractivity contribution in [1.29, 1.82) is 0 Å². The van der Waals surface area contributed by atoms with E-state index in [1.807, 2.05) is 0 Å². The minimum Gasteiger partial charge on any atom is -0.351 e. The van der Waals surface area contributed by atoms with E-state index in [0.29, 0.717) is 11.3 Å². The fourth-order valence-corrected chi connectivity index (χ4v) is 5.18. The molecule has 0 unspecified atom stereocenters. The van der Waals surface area contributed by atoms with Gasteiger partial charge in [0.05, 0.1) is 11.6 Å². The third-order valence-corrected chi connectivity index (χ3v) is 6.84. The van der Waals surface area contributed by atoms with E-state index >= 15 is 0 Å². The summed E-state index contributed by atoms with van der Waals surface area (Å²) in [6, 6.07) is 8.23. The molecule has 2 fully saturated rings. The van der Waals surface area contributed by atoms with E-state index in [1.165, 1.54) is 23.1 Å². The molecule has 4 rings (SSSR count). The van der Waals surface area contributed by atoms with Crippen LogP contribution >= 0.6 is 11.8 Å². The predicted octanol–water partition coefficient (Wildman–Crippen LogP) is 3.63. The van der Waals surface area contributed by atoms with Gasteiger partial charge in [0.15, 0.2) is 5.12 Å². The number of anilines is 1. The number of halogens is 1. The van der Waals surface area contributed by atoms with Crippen LogP contribution in [0.3, 0.4) is 0 Å². The number of para-hydroxylation sites is 1. The van der Waals surface area contributed by atoms with Gasteiger partial charge in [-0.15, -0.1) is 0 Å². The highest BCUT2D eigenvalue weighted by Gasteiger charge is 2.40. The van der Waals surface area contributed by atoms with Crippen molar-refractivity contribution in [1.82, 2.24) is 10.3 Å². The Morgan fingerprint density at radius 3 is 2.48 bits per heavy atom. The molecule has 1 saturated heterocycles. The maximum atomic E-state index is 14.9. The van der Waals surface area contributed by atoms with Gasteiger partial charge >= 0.3 is 0 Å². The lowest BCUT2D eigenvalue weighted by Crippen LogP contribution is -2.48. The van der Waals surface area contributed by atoms with Crippen LogP contribution in [0.5, 0.6) is 0 Å². The van der Waals surface area contributed by atoms with Crippen LogP contribution in [-0.2, 0) is 14.4 Å². The average molecular weight is 442 g/mol. The van der Waals surface area contributed by atoms with E-state index in [-0.39, 0.29) is 29.2 Å². The molecule has 0 radical (unpaired) electrons. The number of nitrogens with one attached hydrogen (secondary N) is 1. The van der Waals surface area contributed by atoms with Crippen LogP contribution in [0.2, 0.25) is 0 Å². The number of carbonyl (C=O) groups excluding carboxylic acids is 3. The standard InChI is InChI=1S/C23H24FN3O3S/c24-18-7-3-4-8-19(18)27(23(30)16-13-20(28)31-14-16)21(15-9-11-25-12-10-15)22(29)26-17-5-1-2-6-17/h3-4,7-12,16-17,21H,1-2,5-6,13-14H2,(H,26,29)/t16-,21+/m0/s1. The maximum absolute atomic E-state index is 14.9. The predicted molar refractivity (Wildman–Crippen MR) is 117 cm³/mol. The lowest BCUT2D eigenvalue weighted by molar-refractivity contribution is -0.129. The van der Waals surface area contributed by atoms with E-state index in [2.05, 4.69) is 10.3 Å². The minimum absolute atomic E-state index is 0.0280. The molecular weight excluding hydrogens is 417 g/mol. The monoisotopic (exact) mass is 441 g/mol. The van der Waals surface area contributed by atoms with Crippen molar-refractivity contribution < 1.29 is 18.8 Å². The van der Waals surface area contributed by atoms with Crippen molar-refractivity contribution in [3.63, 3.8) is 0 Å². The van der Waals surface area contributed by atoms with Crippen molar-refractivity contribution >= 4 is 34.4 Å². The second-order valence-corrected chi connectivity index (χ2v) is 8.99. The number of amides is 2. The molecule has 1 aromatic carbocycles. The van der Waals surface area contributed by atoms with Crippen LogP contribution in [0.15, 0.2) is 48.8 Å². The molecule has 1 N–H and O–H groups in total. The van der Waals surface area contributed by atoms with Gasteiger partial charge in [-0.1, -0.05) is 36.7 Å². The second-order valence-electron chi connectivity index (χ2n) is 7.92. The third-order valence-electron chi connectivity index (χ3n) is 5.79. The largest absolute Gasteiger partial charge is 0.351 e. The molecule has 2 amide bonds. The molecule has 2 aliphatic rings. The van der Waals surface area contributed by atoms with Gasteiger partial charge in [-0.3, -0.25) is 24.3 Å². The van der Waals surface area contributed by atoms with Gasteiger partial charge in [-0.25, -0.2) is 4.39 Å². The minimum atomic E-state index is -1.06. The average Bonchev–Trinajstić information content (AvgIpc) is 3.44. The first-order chi connectivity index (χ1) is 15.0. The molecule has 0 spiro atoms. The third kappa shape index (κ3) is 4.79. The summed E-state index contributed by atoms with van der Waals surface area (Å²) < 4.78 is 14.9. The highest BCUT2D eigenvalue weighted by Crippen LogP contribution is 2.35. The molecule has 8 heteroatoms. The number of rotatable bonds is 6. The Morgan fingerprint density at radius 1 is 1.13 bits per heavy atom. The topological polar surface area (TPSA) is 79.4 Å². The molecule has 1 aliphatic carbocycles. The first-order valence-electron chi connectivity index (χ1n) is 10.5. The molecule has 2 aromatic rings. The summed E-state index contributed by atoms with van der Waals surface area (Å²) in [5.74, 6) is -1.64. The fourth-order valence-electron chi connectivity index (χ4n) is 4.21. The van der Waals surface area contributed by atoms with E-state index < -0.39 is 23.7 Å². The van der Waals surface area contributed by atoms with Crippen LogP contribution in [-0.4, -0.2) is 33.7 Å². The number of hydrogen-bond acceptors (Lipinski definition) is 5. The van der Waals surface area contributed by atoms with Crippen LogP contribution in [0.25, 0.3) is 0 Å². The Morgan fingerprint density at radius 2 is 1.84 bits per heavy atom. The zero-order valence-corrected chi connectivity index (χ0v) is 17.8. The van der Waals surface area contributed by atoms with Crippen molar-refractivity contribution in [3.8, 4) is 0 Å². The number of benzene rings is 1. The van der Waals surface area contributed by atoms with Crippen LogP contribution in [0.4, 0.5) is 10.1 Å². The first-order valence-corrected chi connectivity index (χ1v) is 11.5. The summed E-state index contributed by atoms with van der Waals surface area (Å²) >= 11 is 1.10. The Bertz CT molecular complexity index is 966. The molecular formula is C23H24FN3O3S. The molecule has 0 bridgehead atoms. The molecule has 31 heavy (non-hydrogen) atoms. The SMILES string of the molecule is O=C1C[C@H](C(=O)N(c2ccccc2F)[C@@H](C(=O)NC2CCCC2)c2ccncc2)CS1. The highest BCUT2D eigenvalue weighted by molar-refractivity contribution is 8.14. The Hall–Kier alpha value is -2.74. The molecule has 1 aliphatic heterocycles. The summed E-state index contributed by atoms with van der Waals surface area (Å²) in [7, 11) is 0. The normalized spacial score (nSPS) is 19.9. The summed E-state index contributed by atoms with van der Waals surface area (Å²) in [6.45, 7) is 0. The molecule has 6 nitrogen and oxygen atoms in total. The lowest BCUT2D eigenvalue weighted by Gasteiger charge is -2.33. The Labute approximate surface area is 184 Å². The van der Waals surface area contributed by atoms with Crippen molar-refractivity contribution in [2.45, 2.75) is 44.2 Å². The summed E-state index contributed by atoms with van der Waals surface area (Å²) in [4.78, 5) is 44.2. The van der Waals surface area contributed by atoms with Crippen LogP contribution in [0.1, 0.15) is 43.7 Å². The molecule has 2 heterocycles. The zero-order chi connectivity index (χ0) is 21.8. The van der Waals surface area contributed by atoms with E-state index in [4.69, 9.17) is 0 Å². The van der Waals surface area contributed by atoms with Crippen LogP contribution < -0.4 is 10.2 Å². The number of thioether (sulfide) groups is 1. The van der Waals surface area contributed by atoms with Crippen LogP contribution in [0, 0.1) is 11.7 Å². The first kappa shape index (κ1) is 21.5. The molecule has 2 atom stereocenters. The van der Waals surface area contributed by atoms with Gasteiger partial charge in [0.1, 0.15) is 11.9 Å². The number of pyridine rings is 1. The highest BCUT2D eigenvalue weighted by atomic mass is 32.2. The van der Waals surface area contributed by atoms with Gasteiger partial charge in [0.25, 0.3) is 0 Å². The van der Waals surface area contributed by atoms with E-state index in [0.717, 1.165) is 37.4 Å². The van der Waals surface area contributed by atoms with E-state index in [1.54, 1.807) is 30.6 Å². The summed E-state index contributed by atoms with van der Waals surface area (Å²) in [5, 5.41) is 2.99. The molecule has 1 aromatic heterocycles. The zero-order valence-electron chi connectivity index (χ0n) is 17.0. The van der Waals surface area contributed by atoms with Gasteiger partial charge in [-0.2, -0.15) is 0 Å². The number of carbonyl (C=O) groups is 3. The Balaban J connectivity index is 1.77. The van der Waals surface area contributed by atoms with Gasteiger partial charge in [0, 0.05) is 30.6 Å². The summed E-state index contributed by atoms with van der Waals surface area (Å²) in [5.41, 5.74) is 0.569. The van der Waals surface area contributed by atoms with Gasteiger partial charge < -0.3 is 5.32 Å². The molecule has 162 valence electrons. The Kier molecular flexibility index (Phi) is 6.65.